The highest BCUT2D eigenvalue weighted by Crippen LogP contribution is 2.23. The molecule has 2 N–H and O–H groups in total. The van der Waals surface area contributed by atoms with Gasteiger partial charge in [-0.2, -0.15) is 0 Å². The third-order valence-electron chi connectivity index (χ3n) is 3.33. The van der Waals surface area contributed by atoms with Gasteiger partial charge >= 0.3 is 5.97 Å². The van der Waals surface area contributed by atoms with Crippen LogP contribution in [0.3, 0.4) is 0 Å². The molecule has 108 valence electrons. The largest absolute Gasteiger partial charge is 0.508 e. The van der Waals surface area contributed by atoms with E-state index in [2.05, 4.69) is 0 Å². The van der Waals surface area contributed by atoms with Crippen molar-refractivity contribution in [2.45, 2.75) is 13.3 Å². The Morgan fingerprint density at radius 2 is 1.71 bits per heavy atom. The molecule has 0 heterocycles. The zero-order chi connectivity index (χ0) is 15.4. The number of ketones is 1. The lowest BCUT2D eigenvalue weighted by Crippen LogP contribution is -2.13. The Hall–Kier alpha value is -2.62. The summed E-state index contributed by atoms with van der Waals surface area (Å²) >= 11 is 0. The number of carbonyl (C=O) groups excluding carboxylic acids is 1. The highest BCUT2D eigenvalue weighted by atomic mass is 16.4. The number of hydrogen-bond donors (Lipinski definition) is 2. The van der Waals surface area contributed by atoms with E-state index in [1.54, 1.807) is 43.3 Å². The minimum Gasteiger partial charge on any atom is -0.508 e. The highest BCUT2D eigenvalue weighted by Gasteiger charge is 2.16. The number of benzene rings is 2. The van der Waals surface area contributed by atoms with Crippen LogP contribution in [0.2, 0.25) is 0 Å². The smallest absolute Gasteiger partial charge is 0.306 e. The maximum Gasteiger partial charge on any atom is 0.306 e. The number of rotatable bonds is 5. The molecule has 21 heavy (non-hydrogen) atoms. The fourth-order valence-corrected chi connectivity index (χ4v) is 2.06. The average molecular weight is 284 g/mol. The number of carbonyl (C=O) groups is 2. The van der Waals surface area contributed by atoms with E-state index in [9.17, 15) is 14.7 Å². The lowest BCUT2D eigenvalue weighted by atomic mass is 9.96. The molecule has 0 radical (unpaired) electrons. The number of carboxylic acid groups (broad SMARTS) is 1. The number of aromatic hydroxyl groups is 1. The molecule has 0 aromatic heterocycles. The first kappa shape index (κ1) is 14.8. The Bertz CT molecular complexity index is 662. The van der Waals surface area contributed by atoms with E-state index in [0.29, 0.717) is 16.7 Å². The van der Waals surface area contributed by atoms with Crippen molar-refractivity contribution >= 4 is 11.8 Å². The van der Waals surface area contributed by atoms with E-state index < -0.39 is 11.9 Å². The van der Waals surface area contributed by atoms with E-state index in [-0.39, 0.29) is 18.0 Å². The highest BCUT2D eigenvalue weighted by molar-refractivity contribution is 6.09. The lowest BCUT2D eigenvalue weighted by molar-refractivity contribution is -0.141. The molecule has 0 aliphatic carbocycles. The molecular weight excluding hydrogens is 268 g/mol. The molecule has 2 aromatic carbocycles. The summed E-state index contributed by atoms with van der Waals surface area (Å²) in [6, 6.07) is 13.4. The van der Waals surface area contributed by atoms with Crippen molar-refractivity contribution < 1.29 is 19.8 Å². The average Bonchev–Trinajstić information content (AvgIpc) is 2.49. The fourth-order valence-electron chi connectivity index (χ4n) is 2.06. The van der Waals surface area contributed by atoms with Gasteiger partial charge in [0.15, 0.2) is 5.78 Å². The van der Waals surface area contributed by atoms with Crippen LogP contribution >= 0.6 is 0 Å². The second-order valence-corrected chi connectivity index (χ2v) is 4.98. The van der Waals surface area contributed by atoms with E-state index in [0.717, 1.165) is 0 Å². The molecule has 4 heteroatoms. The van der Waals surface area contributed by atoms with Gasteiger partial charge in [-0.15, -0.1) is 0 Å². The van der Waals surface area contributed by atoms with Gasteiger partial charge < -0.3 is 10.2 Å². The molecule has 2 rings (SSSR count). The molecule has 4 nitrogen and oxygen atoms in total. The van der Waals surface area contributed by atoms with Crippen LogP contribution < -0.4 is 0 Å². The first-order valence-corrected chi connectivity index (χ1v) is 6.63. The van der Waals surface area contributed by atoms with Crippen molar-refractivity contribution in [1.82, 2.24) is 0 Å². The van der Waals surface area contributed by atoms with Gasteiger partial charge in [-0.05, 0) is 30.2 Å². The third-order valence-corrected chi connectivity index (χ3v) is 3.33. The Kier molecular flexibility index (Phi) is 4.38. The third kappa shape index (κ3) is 3.48. The Morgan fingerprint density at radius 1 is 1.05 bits per heavy atom. The normalized spacial score (nSPS) is 11.9. The van der Waals surface area contributed by atoms with Gasteiger partial charge in [0.2, 0.25) is 0 Å². The van der Waals surface area contributed by atoms with Gasteiger partial charge in [-0.1, -0.05) is 37.3 Å². The van der Waals surface area contributed by atoms with Crippen molar-refractivity contribution in [1.29, 1.82) is 0 Å². The van der Waals surface area contributed by atoms with Crippen molar-refractivity contribution in [3.63, 3.8) is 0 Å². The van der Waals surface area contributed by atoms with Crippen molar-refractivity contribution in [2.24, 2.45) is 5.92 Å². The molecule has 0 amide bonds. The van der Waals surface area contributed by atoms with Gasteiger partial charge in [0, 0.05) is 11.1 Å². The number of hydrogen-bond acceptors (Lipinski definition) is 3. The summed E-state index contributed by atoms with van der Waals surface area (Å²) in [5, 5.41) is 18.8. The predicted octanol–water partition coefficient (Wildman–Crippen LogP) is 2.89. The summed E-state index contributed by atoms with van der Waals surface area (Å²) in [6.45, 7) is 1.56. The molecule has 0 aliphatic heterocycles. The number of aliphatic carboxylic acids is 1. The van der Waals surface area contributed by atoms with Crippen LogP contribution in [-0.4, -0.2) is 22.0 Å². The van der Waals surface area contributed by atoms with Crippen molar-refractivity contribution in [3.8, 4) is 5.75 Å². The Balaban J connectivity index is 2.30. The maximum absolute atomic E-state index is 12.3. The predicted molar refractivity (Wildman–Crippen MR) is 78.5 cm³/mol. The van der Waals surface area contributed by atoms with Crippen LogP contribution in [0.1, 0.15) is 28.4 Å². The van der Waals surface area contributed by atoms with Gasteiger partial charge in [-0.3, -0.25) is 9.59 Å². The molecule has 0 fully saturated rings. The van der Waals surface area contributed by atoms with E-state index in [4.69, 9.17) is 5.11 Å². The van der Waals surface area contributed by atoms with Gasteiger partial charge in [-0.25, -0.2) is 0 Å². The van der Waals surface area contributed by atoms with Crippen molar-refractivity contribution in [3.05, 3.63) is 65.2 Å². The minimum absolute atomic E-state index is 0.00714. The molecular formula is C17H16O4. The molecule has 2 aromatic rings. The zero-order valence-electron chi connectivity index (χ0n) is 11.6. The molecule has 1 atom stereocenters. The van der Waals surface area contributed by atoms with Crippen LogP contribution in [0.4, 0.5) is 0 Å². The first-order chi connectivity index (χ1) is 9.99. The number of carboxylic acids is 1. The van der Waals surface area contributed by atoms with E-state index in [1.165, 1.54) is 6.07 Å². The quantitative estimate of drug-likeness (QED) is 0.828. The monoisotopic (exact) mass is 284 g/mol. The van der Waals surface area contributed by atoms with Crippen LogP contribution in [0.25, 0.3) is 0 Å². The number of phenolic OH excluding ortho intramolecular Hbond substituents is 1. The van der Waals surface area contributed by atoms with Gasteiger partial charge in [0.05, 0.1) is 5.92 Å². The second-order valence-electron chi connectivity index (χ2n) is 4.98. The molecule has 0 unspecified atom stereocenters. The first-order valence-electron chi connectivity index (χ1n) is 6.63. The standard InChI is InChI=1S/C17H16O4/c1-11(17(20)21)9-14-10-13(7-8-15(14)18)16(19)12-5-3-2-4-6-12/h2-8,10-11,18H,9H2,1H3,(H,20,21)/t11-/m1/s1. The molecule has 0 bridgehead atoms. The molecule has 0 saturated carbocycles. The summed E-state index contributed by atoms with van der Waals surface area (Å²) in [7, 11) is 0. The molecule has 0 aliphatic rings. The van der Waals surface area contributed by atoms with Gasteiger partial charge in [0.1, 0.15) is 5.75 Å². The number of phenols is 1. The summed E-state index contributed by atoms with van der Waals surface area (Å²) < 4.78 is 0. The van der Waals surface area contributed by atoms with E-state index in [1.807, 2.05) is 6.07 Å². The summed E-state index contributed by atoms with van der Waals surface area (Å²) in [5.41, 5.74) is 1.46. The summed E-state index contributed by atoms with van der Waals surface area (Å²) in [4.78, 5) is 23.2. The fraction of sp³-hybridized carbons (Fsp3) is 0.176. The SMILES string of the molecule is C[C@H](Cc1cc(C(=O)c2ccccc2)ccc1O)C(=O)O. The van der Waals surface area contributed by atoms with Gasteiger partial charge in [0.25, 0.3) is 0 Å². The van der Waals surface area contributed by atoms with E-state index >= 15 is 0 Å². The summed E-state index contributed by atoms with van der Waals surface area (Å²) in [6.07, 6.45) is 0.178. The second kappa shape index (κ2) is 6.22. The van der Waals surface area contributed by atoms with Crippen LogP contribution in [0.15, 0.2) is 48.5 Å². The minimum atomic E-state index is -0.936. The molecule has 0 spiro atoms. The summed E-state index contributed by atoms with van der Waals surface area (Å²) in [5.74, 6) is -1.71. The maximum atomic E-state index is 12.3. The van der Waals surface area contributed by atoms with Crippen LogP contribution in [0.5, 0.6) is 5.75 Å². The van der Waals surface area contributed by atoms with Crippen LogP contribution in [0, 0.1) is 5.92 Å². The topological polar surface area (TPSA) is 74.6 Å². The Labute approximate surface area is 122 Å². The zero-order valence-corrected chi connectivity index (χ0v) is 11.6. The van der Waals surface area contributed by atoms with Crippen molar-refractivity contribution in [2.75, 3.05) is 0 Å². The molecule has 0 saturated heterocycles. The Morgan fingerprint density at radius 3 is 2.33 bits per heavy atom. The van der Waals surface area contributed by atoms with Crippen LogP contribution in [-0.2, 0) is 11.2 Å². The lowest BCUT2D eigenvalue weighted by Gasteiger charge is -2.10.